The SMILES string of the molecule is C[C@@H]1C[C@@H](O)c2ncnc(N3CCN(C(=O)C(CNC4CCCC(C)(C)C4)c4ccc(Br)cc4)CC3)c21. The molecule has 0 radical (unpaired) electrons. The molecule has 37 heavy (non-hydrogen) atoms. The number of nitrogens with zero attached hydrogens (tertiary/aromatic N) is 4. The highest BCUT2D eigenvalue weighted by Crippen LogP contribution is 2.43. The summed E-state index contributed by atoms with van der Waals surface area (Å²) in [7, 11) is 0. The van der Waals surface area contributed by atoms with Crippen molar-refractivity contribution in [3.8, 4) is 0 Å². The van der Waals surface area contributed by atoms with Gasteiger partial charge in [-0.3, -0.25) is 4.79 Å². The summed E-state index contributed by atoms with van der Waals surface area (Å²) in [6, 6.07) is 8.67. The topological polar surface area (TPSA) is 81.6 Å². The van der Waals surface area contributed by atoms with E-state index in [2.05, 4.69) is 69.0 Å². The number of fused-ring (bicyclic) bond motifs is 1. The number of aliphatic hydroxyl groups is 1. The van der Waals surface area contributed by atoms with Crippen LogP contribution in [0.3, 0.4) is 0 Å². The summed E-state index contributed by atoms with van der Waals surface area (Å²) in [5.41, 5.74) is 3.26. The highest BCUT2D eigenvalue weighted by Gasteiger charge is 2.35. The van der Waals surface area contributed by atoms with E-state index in [9.17, 15) is 9.90 Å². The summed E-state index contributed by atoms with van der Waals surface area (Å²) in [6.07, 6.45) is 6.60. The molecule has 4 atom stereocenters. The third-order valence-corrected chi connectivity index (χ3v) is 9.08. The Morgan fingerprint density at radius 3 is 2.62 bits per heavy atom. The molecule has 2 aliphatic carbocycles. The van der Waals surface area contributed by atoms with Crippen molar-refractivity contribution < 1.29 is 9.90 Å². The van der Waals surface area contributed by atoms with Crippen LogP contribution in [0.2, 0.25) is 0 Å². The minimum Gasteiger partial charge on any atom is -0.387 e. The first-order chi connectivity index (χ1) is 17.7. The number of benzene rings is 1. The highest BCUT2D eigenvalue weighted by atomic mass is 79.9. The van der Waals surface area contributed by atoms with Crippen molar-refractivity contribution in [1.82, 2.24) is 20.2 Å². The zero-order valence-corrected chi connectivity index (χ0v) is 23.9. The number of aliphatic hydroxyl groups excluding tert-OH is 1. The van der Waals surface area contributed by atoms with Crippen molar-refractivity contribution in [1.29, 1.82) is 0 Å². The fourth-order valence-electron chi connectivity index (χ4n) is 6.51. The Labute approximate surface area is 229 Å². The molecule has 5 rings (SSSR count). The van der Waals surface area contributed by atoms with Gasteiger partial charge in [-0.25, -0.2) is 9.97 Å². The molecule has 1 aromatic carbocycles. The van der Waals surface area contributed by atoms with Gasteiger partial charge in [-0.1, -0.05) is 55.3 Å². The first-order valence-corrected chi connectivity index (χ1v) is 14.6. The molecule has 8 heteroatoms. The van der Waals surface area contributed by atoms with Gasteiger partial charge in [-0.05, 0) is 54.7 Å². The number of carbonyl (C=O) groups excluding carboxylic acids is 1. The van der Waals surface area contributed by atoms with Crippen LogP contribution in [0, 0.1) is 5.41 Å². The molecule has 1 saturated heterocycles. The van der Waals surface area contributed by atoms with Crippen LogP contribution in [0.25, 0.3) is 0 Å². The Morgan fingerprint density at radius 1 is 1.19 bits per heavy atom. The maximum absolute atomic E-state index is 13.9. The molecule has 1 saturated carbocycles. The molecule has 1 aliphatic heterocycles. The van der Waals surface area contributed by atoms with E-state index in [1.54, 1.807) is 6.33 Å². The first-order valence-electron chi connectivity index (χ1n) is 13.8. The van der Waals surface area contributed by atoms with Crippen molar-refractivity contribution in [2.24, 2.45) is 5.41 Å². The molecule has 7 nitrogen and oxygen atoms in total. The van der Waals surface area contributed by atoms with E-state index in [0.717, 1.165) is 46.6 Å². The number of anilines is 1. The molecule has 2 aromatic rings. The largest absolute Gasteiger partial charge is 0.387 e. The van der Waals surface area contributed by atoms with E-state index in [0.29, 0.717) is 37.5 Å². The standard InChI is InChI=1S/C29H40BrN5O2/c1-19-15-24(36)26-25(19)27(33-18-32-26)34-11-13-35(14-12-34)28(37)23(20-6-8-21(30)9-7-20)17-31-22-5-4-10-29(2,3)16-22/h6-9,18-19,22-24,31,36H,4-5,10-17H2,1-3H3/t19-,22?,23?,24-/m1/s1. The summed E-state index contributed by atoms with van der Waals surface area (Å²) in [6.45, 7) is 10.3. The molecule has 1 aromatic heterocycles. The fraction of sp³-hybridized carbons (Fsp3) is 0.621. The van der Waals surface area contributed by atoms with E-state index in [-0.39, 0.29) is 17.7 Å². The number of carbonyl (C=O) groups is 1. The van der Waals surface area contributed by atoms with Crippen LogP contribution in [0.15, 0.2) is 35.1 Å². The molecule has 200 valence electrons. The first kappa shape index (κ1) is 26.6. The van der Waals surface area contributed by atoms with Crippen LogP contribution in [0.4, 0.5) is 5.82 Å². The summed E-state index contributed by atoms with van der Waals surface area (Å²) >= 11 is 3.54. The van der Waals surface area contributed by atoms with Crippen LogP contribution in [0.5, 0.6) is 0 Å². The van der Waals surface area contributed by atoms with Crippen LogP contribution in [0.1, 0.15) is 87.6 Å². The number of nitrogens with one attached hydrogen (secondary N) is 1. The van der Waals surface area contributed by atoms with Crippen molar-refractivity contribution in [2.75, 3.05) is 37.6 Å². The van der Waals surface area contributed by atoms with E-state index < -0.39 is 6.10 Å². The maximum Gasteiger partial charge on any atom is 0.231 e. The Hall–Kier alpha value is -2.03. The van der Waals surface area contributed by atoms with Gasteiger partial charge in [0.2, 0.25) is 5.91 Å². The third-order valence-electron chi connectivity index (χ3n) is 8.56. The predicted octanol–water partition coefficient (Wildman–Crippen LogP) is 4.77. The second-order valence-corrected chi connectivity index (χ2v) is 12.8. The lowest BCUT2D eigenvalue weighted by Gasteiger charge is -2.39. The number of aromatic nitrogens is 2. The monoisotopic (exact) mass is 569 g/mol. The molecular weight excluding hydrogens is 530 g/mol. The normalized spacial score (nSPS) is 26.1. The van der Waals surface area contributed by atoms with Gasteiger partial charge in [-0.2, -0.15) is 0 Å². The predicted molar refractivity (Wildman–Crippen MR) is 150 cm³/mol. The molecule has 2 N–H and O–H groups in total. The van der Waals surface area contributed by atoms with Gasteiger partial charge in [-0.15, -0.1) is 0 Å². The lowest BCUT2D eigenvalue weighted by molar-refractivity contribution is -0.133. The van der Waals surface area contributed by atoms with E-state index in [4.69, 9.17) is 0 Å². The van der Waals surface area contributed by atoms with Crippen LogP contribution in [-0.2, 0) is 4.79 Å². The number of piperazine rings is 1. The van der Waals surface area contributed by atoms with E-state index >= 15 is 0 Å². The maximum atomic E-state index is 13.9. The Balaban J connectivity index is 1.27. The van der Waals surface area contributed by atoms with Gasteiger partial charge >= 0.3 is 0 Å². The molecular formula is C29H40BrN5O2. The van der Waals surface area contributed by atoms with Crippen molar-refractivity contribution in [3.05, 3.63) is 51.9 Å². The minimum absolute atomic E-state index is 0.196. The van der Waals surface area contributed by atoms with Gasteiger partial charge in [0.15, 0.2) is 0 Å². The number of halogens is 1. The summed E-state index contributed by atoms with van der Waals surface area (Å²) in [5, 5.41) is 14.2. The zero-order chi connectivity index (χ0) is 26.2. The van der Waals surface area contributed by atoms with Crippen molar-refractivity contribution in [2.45, 2.75) is 76.9 Å². The van der Waals surface area contributed by atoms with Gasteiger partial charge in [0.25, 0.3) is 0 Å². The van der Waals surface area contributed by atoms with Crippen LogP contribution in [-0.4, -0.2) is 64.6 Å². The van der Waals surface area contributed by atoms with Crippen LogP contribution < -0.4 is 10.2 Å². The van der Waals surface area contributed by atoms with Gasteiger partial charge in [0, 0.05) is 48.8 Å². The van der Waals surface area contributed by atoms with E-state index in [1.165, 1.54) is 19.3 Å². The van der Waals surface area contributed by atoms with E-state index in [1.807, 2.05) is 17.0 Å². The Bertz CT molecular complexity index is 1100. The molecule has 0 spiro atoms. The summed E-state index contributed by atoms with van der Waals surface area (Å²) in [5.74, 6) is 1.15. The fourth-order valence-corrected chi connectivity index (χ4v) is 6.78. The Kier molecular flexibility index (Phi) is 7.89. The van der Waals surface area contributed by atoms with Crippen molar-refractivity contribution in [3.63, 3.8) is 0 Å². The van der Waals surface area contributed by atoms with Crippen LogP contribution >= 0.6 is 15.9 Å². The molecule has 0 bridgehead atoms. The quantitative estimate of drug-likeness (QED) is 0.521. The lowest BCUT2D eigenvalue weighted by atomic mass is 9.75. The molecule has 3 aliphatic rings. The molecule has 2 heterocycles. The second kappa shape index (κ2) is 11.0. The minimum atomic E-state index is -0.511. The van der Waals surface area contributed by atoms with Gasteiger partial charge in [0.1, 0.15) is 12.1 Å². The highest BCUT2D eigenvalue weighted by molar-refractivity contribution is 9.10. The zero-order valence-electron chi connectivity index (χ0n) is 22.3. The molecule has 1 amide bonds. The average Bonchev–Trinajstić information content (AvgIpc) is 3.18. The number of amides is 1. The van der Waals surface area contributed by atoms with Gasteiger partial charge < -0.3 is 20.2 Å². The number of rotatable bonds is 6. The third kappa shape index (κ3) is 5.86. The summed E-state index contributed by atoms with van der Waals surface area (Å²) < 4.78 is 1.02. The Morgan fingerprint density at radius 2 is 1.92 bits per heavy atom. The molecule has 2 fully saturated rings. The lowest BCUT2D eigenvalue weighted by Crippen LogP contribution is -2.52. The smallest absolute Gasteiger partial charge is 0.231 e. The molecule has 2 unspecified atom stereocenters. The average molecular weight is 571 g/mol. The summed E-state index contributed by atoms with van der Waals surface area (Å²) in [4.78, 5) is 27.1. The van der Waals surface area contributed by atoms with Gasteiger partial charge in [0.05, 0.1) is 17.7 Å². The van der Waals surface area contributed by atoms with Crippen molar-refractivity contribution >= 4 is 27.7 Å². The second-order valence-electron chi connectivity index (χ2n) is 11.9. The number of hydrogen-bond acceptors (Lipinski definition) is 6. The number of hydrogen-bond donors (Lipinski definition) is 2.